The number of likely N-dealkylation sites (tertiary alicyclic amines) is 1. The molecule has 0 radical (unpaired) electrons. The molecule has 162 valence electrons. The van der Waals surface area contributed by atoms with E-state index >= 15 is 0 Å². The van der Waals surface area contributed by atoms with Crippen molar-refractivity contribution in [2.24, 2.45) is 0 Å². The second kappa shape index (κ2) is 10.1. The molecule has 30 heavy (non-hydrogen) atoms. The molecule has 0 spiro atoms. The molecule has 1 N–H and O–H groups in total. The molecule has 1 aliphatic heterocycles. The van der Waals surface area contributed by atoms with E-state index in [2.05, 4.69) is 61.3 Å². The lowest BCUT2D eigenvalue weighted by Gasteiger charge is -2.21. The molecule has 0 saturated carbocycles. The van der Waals surface area contributed by atoms with Gasteiger partial charge in [0.15, 0.2) is 6.10 Å². The SMILES string of the molecule is CC[C@H](Oc1ccc(C(C)(C)C)cc1)C(=O)NCc1ccccc1CN1CCCC1. The quantitative estimate of drug-likeness (QED) is 0.664. The Balaban J connectivity index is 1.58. The zero-order valence-corrected chi connectivity index (χ0v) is 18.9. The number of hydrogen-bond acceptors (Lipinski definition) is 3. The number of amides is 1. The summed E-state index contributed by atoms with van der Waals surface area (Å²) in [4.78, 5) is 15.3. The molecule has 0 aromatic heterocycles. The minimum Gasteiger partial charge on any atom is -0.481 e. The second-order valence-electron chi connectivity index (χ2n) is 9.26. The summed E-state index contributed by atoms with van der Waals surface area (Å²) in [7, 11) is 0. The molecule has 1 fully saturated rings. The molecule has 0 unspecified atom stereocenters. The van der Waals surface area contributed by atoms with Crippen molar-refractivity contribution in [3.05, 3.63) is 65.2 Å². The van der Waals surface area contributed by atoms with Gasteiger partial charge in [-0.2, -0.15) is 0 Å². The Morgan fingerprint density at radius 2 is 1.67 bits per heavy atom. The first-order valence-electron chi connectivity index (χ1n) is 11.2. The third kappa shape index (κ3) is 6.09. The highest BCUT2D eigenvalue weighted by Gasteiger charge is 2.20. The average Bonchev–Trinajstić information content (AvgIpc) is 3.24. The number of benzene rings is 2. The maximum absolute atomic E-state index is 12.8. The van der Waals surface area contributed by atoms with Crippen LogP contribution in [-0.2, 0) is 23.3 Å². The van der Waals surface area contributed by atoms with Crippen LogP contribution in [0.15, 0.2) is 48.5 Å². The van der Waals surface area contributed by atoms with Crippen molar-refractivity contribution >= 4 is 5.91 Å². The number of nitrogens with one attached hydrogen (secondary N) is 1. The zero-order chi connectivity index (χ0) is 21.6. The molecule has 4 heteroatoms. The smallest absolute Gasteiger partial charge is 0.261 e. The zero-order valence-electron chi connectivity index (χ0n) is 18.9. The lowest BCUT2D eigenvalue weighted by Crippen LogP contribution is -2.37. The summed E-state index contributed by atoms with van der Waals surface area (Å²) in [6.07, 6.45) is 2.70. The maximum Gasteiger partial charge on any atom is 0.261 e. The highest BCUT2D eigenvalue weighted by molar-refractivity contribution is 5.81. The van der Waals surface area contributed by atoms with Crippen LogP contribution in [0.2, 0.25) is 0 Å². The van der Waals surface area contributed by atoms with Crippen molar-refractivity contribution in [1.82, 2.24) is 10.2 Å². The highest BCUT2D eigenvalue weighted by Crippen LogP contribution is 2.25. The topological polar surface area (TPSA) is 41.6 Å². The largest absolute Gasteiger partial charge is 0.481 e. The molecule has 3 rings (SSSR count). The molecule has 0 aliphatic carbocycles. The molecule has 1 heterocycles. The van der Waals surface area contributed by atoms with Gasteiger partial charge in [-0.1, -0.05) is 64.1 Å². The molecular weight excluding hydrogens is 372 g/mol. The Bertz CT molecular complexity index is 818. The molecule has 4 nitrogen and oxygen atoms in total. The lowest BCUT2D eigenvalue weighted by atomic mass is 9.87. The molecule has 2 aromatic rings. The fourth-order valence-corrected chi connectivity index (χ4v) is 3.88. The van der Waals surface area contributed by atoms with E-state index in [-0.39, 0.29) is 11.3 Å². The van der Waals surface area contributed by atoms with Crippen LogP contribution in [0.25, 0.3) is 0 Å². The molecule has 1 atom stereocenters. The van der Waals surface area contributed by atoms with Crippen molar-refractivity contribution in [2.45, 2.75) is 71.6 Å². The van der Waals surface area contributed by atoms with E-state index < -0.39 is 6.10 Å². The van der Waals surface area contributed by atoms with Crippen LogP contribution in [0, 0.1) is 0 Å². The van der Waals surface area contributed by atoms with Crippen LogP contribution in [0.4, 0.5) is 0 Å². The van der Waals surface area contributed by atoms with Crippen molar-refractivity contribution in [3.8, 4) is 5.75 Å². The van der Waals surface area contributed by atoms with Crippen molar-refractivity contribution in [3.63, 3.8) is 0 Å². The first-order valence-corrected chi connectivity index (χ1v) is 11.2. The van der Waals surface area contributed by atoms with E-state index in [1.54, 1.807) is 0 Å². The number of rotatable bonds is 8. The molecule has 1 saturated heterocycles. The first kappa shape index (κ1) is 22.4. The van der Waals surface area contributed by atoms with E-state index in [4.69, 9.17) is 4.74 Å². The summed E-state index contributed by atoms with van der Waals surface area (Å²) in [5.41, 5.74) is 3.83. The van der Waals surface area contributed by atoms with Crippen LogP contribution in [0.3, 0.4) is 0 Å². The van der Waals surface area contributed by atoms with Gasteiger partial charge in [0, 0.05) is 13.1 Å². The van der Waals surface area contributed by atoms with E-state index in [0.29, 0.717) is 13.0 Å². The predicted octanol–water partition coefficient (Wildman–Crippen LogP) is 5.05. The number of hydrogen-bond donors (Lipinski definition) is 1. The van der Waals surface area contributed by atoms with Gasteiger partial charge >= 0.3 is 0 Å². The lowest BCUT2D eigenvalue weighted by molar-refractivity contribution is -0.128. The fraction of sp³-hybridized carbons (Fsp3) is 0.500. The third-order valence-corrected chi connectivity index (χ3v) is 5.83. The average molecular weight is 409 g/mol. The van der Waals surface area contributed by atoms with Gasteiger partial charge in [0.25, 0.3) is 5.91 Å². The van der Waals surface area contributed by atoms with Gasteiger partial charge in [-0.05, 0) is 66.6 Å². The number of carbonyl (C=O) groups is 1. The first-order chi connectivity index (χ1) is 14.4. The highest BCUT2D eigenvalue weighted by atomic mass is 16.5. The van der Waals surface area contributed by atoms with E-state index in [9.17, 15) is 4.79 Å². The van der Waals surface area contributed by atoms with Gasteiger partial charge in [0.2, 0.25) is 0 Å². The van der Waals surface area contributed by atoms with Crippen LogP contribution in [0.5, 0.6) is 5.75 Å². The van der Waals surface area contributed by atoms with Gasteiger partial charge in [0.05, 0.1) is 0 Å². The van der Waals surface area contributed by atoms with Crippen molar-refractivity contribution < 1.29 is 9.53 Å². The summed E-state index contributed by atoms with van der Waals surface area (Å²) in [5.74, 6) is 0.674. The Labute approximate surface area is 181 Å². The molecule has 1 aliphatic rings. The maximum atomic E-state index is 12.8. The molecule has 2 aromatic carbocycles. The number of ether oxygens (including phenoxy) is 1. The normalized spacial score (nSPS) is 15.7. The summed E-state index contributed by atoms with van der Waals surface area (Å²) in [6, 6.07) is 16.5. The van der Waals surface area contributed by atoms with Gasteiger partial charge in [0.1, 0.15) is 5.75 Å². The van der Waals surface area contributed by atoms with Crippen molar-refractivity contribution in [1.29, 1.82) is 0 Å². The summed E-state index contributed by atoms with van der Waals surface area (Å²) < 4.78 is 6.00. The monoisotopic (exact) mass is 408 g/mol. The molecule has 1 amide bonds. The summed E-state index contributed by atoms with van der Waals surface area (Å²) in [5, 5.41) is 3.09. The Kier molecular flexibility index (Phi) is 7.54. The number of carbonyl (C=O) groups excluding carboxylic acids is 1. The van der Waals surface area contributed by atoms with Crippen LogP contribution >= 0.6 is 0 Å². The molecule has 0 bridgehead atoms. The Hall–Kier alpha value is -2.33. The van der Waals surface area contributed by atoms with E-state index in [0.717, 1.165) is 12.3 Å². The summed E-state index contributed by atoms with van der Waals surface area (Å²) >= 11 is 0. The second-order valence-corrected chi connectivity index (χ2v) is 9.26. The van der Waals surface area contributed by atoms with E-state index in [1.165, 1.54) is 42.6 Å². The van der Waals surface area contributed by atoms with Crippen LogP contribution in [-0.4, -0.2) is 30.0 Å². The van der Waals surface area contributed by atoms with Gasteiger partial charge in [-0.25, -0.2) is 0 Å². The predicted molar refractivity (Wildman–Crippen MR) is 123 cm³/mol. The van der Waals surface area contributed by atoms with Crippen molar-refractivity contribution in [2.75, 3.05) is 13.1 Å². The Morgan fingerprint density at radius 1 is 1.03 bits per heavy atom. The standard InChI is InChI=1S/C26H36N2O2/c1-5-24(30-23-14-12-22(13-15-23)26(2,3)4)25(29)27-18-20-10-6-7-11-21(20)19-28-16-8-9-17-28/h6-7,10-15,24H,5,8-9,16-19H2,1-4H3,(H,27,29)/t24-/m0/s1. The van der Waals surface area contributed by atoms with Gasteiger partial charge < -0.3 is 10.1 Å². The van der Waals surface area contributed by atoms with Gasteiger partial charge in [-0.15, -0.1) is 0 Å². The van der Waals surface area contributed by atoms with Gasteiger partial charge in [-0.3, -0.25) is 9.69 Å². The summed E-state index contributed by atoms with van der Waals surface area (Å²) in [6.45, 7) is 12.4. The number of nitrogens with zero attached hydrogens (tertiary/aromatic N) is 1. The van der Waals surface area contributed by atoms with Crippen LogP contribution in [0.1, 0.15) is 63.6 Å². The Morgan fingerprint density at radius 3 is 2.27 bits per heavy atom. The van der Waals surface area contributed by atoms with Crippen LogP contribution < -0.4 is 10.1 Å². The van der Waals surface area contributed by atoms with E-state index in [1.807, 2.05) is 25.1 Å². The minimum atomic E-state index is -0.490. The fourth-order valence-electron chi connectivity index (χ4n) is 3.88. The third-order valence-electron chi connectivity index (χ3n) is 5.83. The minimum absolute atomic E-state index is 0.0617. The molecular formula is C26H36N2O2.